The second kappa shape index (κ2) is 3.42. The van der Waals surface area contributed by atoms with Gasteiger partial charge in [-0.2, -0.15) is 0 Å². The van der Waals surface area contributed by atoms with Gasteiger partial charge in [-0.1, -0.05) is 18.2 Å². The van der Waals surface area contributed by atoms with Gasteiger partial charge in [-0.15, -0.1) is 0 Å². The number of aliphatic hydroxyl groups is 1. The molecule has 1 N–H and O–H groups in total. The van der Waals surface area contributed by atoms with Crippen LogP contribution in [0.2, 0.25) is 0 Å². The smallest absolute Gasteiger partial charge is 0.229 e. The van der Waals surface area contributed by atoms with E-state index in [4.69, 9.17) is 0 Å². The Balaban J connectivity index is 2.46. The zero-order valence-corrected chi connectivity index (χ0v) is 8.10. The number of rotatable bonds is 1. The van der Waals surface area contributed by atoms with Crippen LogP contribution in [0, 0.1) is 0 Å². The molecule has 0 bridgehead atoms. The first-order chi connectivity index (χ1) is 6.70. The molecule has 2 rings (SSSR count). The Morgan fingerprint density at radius 2 is 2.07 bits per heavy atom. The normalized spacial score (nSPS) is 17.9. The molecule has 3 heteroatoms. The summed E-state index contributed by atoms with van der Waals surface area (Å²) in [6, 6.07) is 7.71. The van der Waals surface area contributed by atoms with Gasteiger partial charge < -0.3 is 5.11 Å². The number of fused-ring (bicyclic) bond motifs is 1. The van der Waals surface area contributed by atoms with E-state index < -0.39 is 6.23 Å². The Labute approximate surface area is 83.0 Å². The van der Waals surface area contributed by atoms with E-state index in [-0.39, 0.29) is 5.91 Å². The third-order valence-electron chi connectivity index (χ3n) is 2.50. The van der Waals surface area contributed by atoms with Crippen LogP contribution in [-0.4, -0.2) is 17.2 Å². The van der Waals surface area contributed by atoms with Gasteiger partial charge in [0.2, 0.25) is 5.91 Å². The van der Waals surface area contributed by atoms with E-state index in [2.05, 4.69) is 0 Å². The largest absolute Gasteiger partial charge is 0.373 e. The molecular formula is C11H13NO2. The van der Waals surface area contributed by atoms with Crippen molar-refractivity contribution in [1.82, 2.24) is 0 Å². The number of hydrogen-bond acceptors (Lipinski definition) is 2. The summed E-state index contributed by atoms with van der Waals surface area (Å²) < 4.78 is 0. The molecule has 0 radical (unpaired) electrons. The number of anilines is 1. The second-order valence-electron chi connectivity index (χ2n) is 3.52. The highest BCUT2D eigenvalue weighted by Gasteiger charge is 2.26. The summed E-state index contributed by atoms with van der Waals surface area (Å²) in [4.78, 5) is 13.0. The van der Waals surface area contributed by atoms with Crippen molar-refractivity contribution < 1.29 is 9.90 Å². The summed E-state index contributed by atoms with van der Waals surface area (Å²) in [6.45, 7) is 1.61. The fourth-order valence-corrected chi connectivity index (χ4v) is 1.86. The molecule has 14 heavy (non-hydrogen) atoms. The fraction of sp³-hybridized carbons (Fsp3) is 0.364. The van der Waals surface area contributed by atoms with Crippen LogP contribution < -0.4 is 4.90 Å². The van der Waals surface area contributed by atoms with Gasteiger partial charge in [0.15, 0.2) is 0 Å². The van der Waals surface area contributed by atoms with Crippen LogP contribution in [0.3, 0.4) is 0 Å². The summed E-state index contributed by atoms with van der Waals surface area (Å²) >= 11 is 0. The standard InChI is InChI=1S/C11H13NO2/c1-8(13)12-10-5-3-2-4-9(10)6-7-11(12)14/h2-5,8,13H,6-7H2,1H3. The molecule has 1 amide bonds. The maximum atomic E-state index is 11.6. The number of carbonyl (C=O) groups excluding carboxylic acids is 1. The van der Waals surface area contributed by atoms with Crippen molar-refractivity contribution in [2.45, 2.75) is 26.0 Å². The van der Waals surface area contributed by atoms with E-state index in [1.807, 2.05) is 24.3 Å². The number of aliphatic hydroxyl groups excluding tert-OH is 1. The molecule has 3 nitrogen and oxygen atoms in total. The molecule has 0 saturated carbocycles. The minimum absolute atomic E-state index is 0.00120. The first-order valence-electron chi connectivity index (χ1n) is 4.78. The zero-order chi connectivity index (χ0) is 10.1. The van der Waals surface area contributed by atoms with Gasteiger partial charge in [-0.3, -0.25) is 9.69 Å². The number of aryl methyl sites for hydroxylation is 1. The first kappa shape index (κ1) is 9.21. The van der Waals surface area contributed by atoms with E-state index in [9.17, 15) is 9.90 Å². The molecule has 0 fully saturated rings. The highest BCUT2D eigenvalue weighted by Crippen LogP contribution is 2.28. The lowest BCUT2D eigenvalue weighted by molar-refractivity contribution is -0.120. The van der Waals surface area contributed by atoms with E-state index in [1.165, 1.54) is 4.90 Å². The molecule has 0 aliphatic carbocycles. The van der Waals surface area contributed by atoms with Crippen LogP contribution in [-0.2, 0) is 11.2 Å². The minimum Gasteiger partial charge on any atom is -0.373 e. The van der Waals surface area contributed by atoms with Gasteiger partial charge in [0.1, 0.15) is 6.23 Å². The Morgan fingerprint density at radius 1 is 1.36 bits per heavy atom. The molecule has 1 aromatic rings. The molecule has 0 saturated heterocycles. The van der Waals surface area contributed by atoms with Crippen molar-refractivity contribution in [3.63, 3.8) is 0 Å². The summed E-state index contributed by atoms with van der Waals surface area (Å²) in [7, 11) is 0. The van der Waals surface area contributed by atoms with E-state index >= 15 is 0 Å². The topological polar surface area (TPSA) is 40.5 Å². The predicted octanol–water partition coefficient (Wildman–Crippen LogP) is 1.30. The number of nitrogens with zero attached hydrogens (tertiary/aromatic N) is 1. The number of amides is 1. The Bertz CT molecular complexity index is 360. The van der Waals surface area contributed by atoms with Crippen LogP contribution in [0.5, 0.6) is 0 Å². The van der Waals surface area contributed by atoms with Crippen molar-refractivity contribution in [1.29, 1.82) is 0 Å². The highest BCUT2D eigenvalue weighted by atomic mass is 16.3. The van der Waals surface area contributed by atoms with Gasteiger partial charge in [0, 0.05) is 12.1 Å². The van der Waals surface area contributed by atoms with E-state index in [0.717, 1.165) is 17.7 Å². The van der Waals surface area contributed by atoms with Crippen molar-refractivity contribution in [2.75, 3.05) is 4.90 Å². The molecule has 1 unspecified atom stereocenters. The SMILES string of the molecule is CC(O)N1C(=O)CCc2ccccc21. The Kier molecular flexibility index (Phi) is 2.25. The quantitative estimate of drug-likeness (QED) is 0.727. The van der Waals surface area contributed by atoms with Gasteiger partial charge >= 0.3 is 0 Å². The number of benzene rings is 1. The lowest BCUT2D eigenvalue weighted by Gasteiger charge is -2.31. The second-order valence-corrected chi connectivity index (χ2v) is 3.52. The summed E-state index contributed by atoms with van der Waals surface area (Å²) in [5.74, 6) is -0.00120. The third-order valence-corrected chi connectivity index (χ3v) is 2.50. The van der Waals surface area contributed by atoms with Gasteiger partial charge in [0.05, 0.1) is 0 Å². The molecule has 1 heterocycles. The maximum absolute atomic E-state index is 11.6. The summed E-state index contributed by atoms with van der Waals surface area (Å²) in [5.41, 5.74) is 1.98. The van der Waals surface area contributed by atoms with Gasteiger partial charge in [-0.05, 0) is 25.0 Å². The predicted molar refractivity (Wildman–Crippen MR) is 53.9 cm³/mol. The number of para-hydroxylation sites is 1. The third kappa shape index (κ3) is 1.40. The Morgan fingerprint density at radius 3 is 2.79 bits per heavy atom. The van der Waals surface area contributed by atoms with Crippen LogP contribution in [0.1, 0.15) is 18.9 Å². The van der Waals surface area contributed by atoms with Crippen LogP contribution in [0.4, 0.5) is 5.69 Å². The van der Waals surface area contributed by atoms with Crippen molar-refractivity contribution in [2.24, 2.45) is 0 Å². The Hall–Kier alpha value is -1.35. The van der Waals surface area contributed by atoms with E-state index in [0.29, 0.717) is 6.42 Å². The minimum atomic E-state index is -0.746. The zero-order valence-electron chi connectivity index (χ0n) is 8.10. The van der Waals surface area contributed by atoms with Gasteiger partial charge in [-0.25, -0.2) is 0 Å². The first-order valence-corrected chi connectivity index (χ1v) is 4.78. The lowest BCUT2D eigenvalue weighted by Crippen LogP contribution is -2.41. The van der Waals surface area contributed by atoms with Crippen molar-refractivity contribution in [3.05, 3.63) is 29.8 Å². The number of carbonyl (C=O) groups is 1. The lowest BCUT2D eigenvalue weighted by atomic mass is 10.0. The molecule has 0 spiro atoms. The summed E-state index contributed by atoms with van der Waals surface area (Å²) in [6.07, 6.45) is 0.518. The molecule has 1 atom stereocenters. The molecule has 0 aromatic heterocycles. The molecule has 1 aliphatic heterocycles. The van der Waals surface area contributed by atoms with Crippen molar-refractivity contribution in [3.8, 4) is 0 Å². The van der Waals surface area contributed by atoms with Crippen molar-refractivity contribution >= 4 is 11.6 Å². The summed E-state index contributed by atoms with van der Waals surface area (Å²) in [5, 5.41) is 9.50. The molecular weight excluding hydrogens is 178 g/mol. The number of hydrogen-bond donors (Lipinski definition) is 1. The van der Waals surface area contributed by atoms with Crippen LogP contribution in [0.15, 0.2) is 24.3 Å². The monoisotopic (exact) mass is 191 g/mol. The molecule has 74 valence electrons. The fourth-order valence-electron chi connectivity index (χ4n) is 1.86. The highest BCUT2D eigenvalue weighted by molar-refractivity contribution is 5.96. The van der Waals surface area contributed by atoms with Crippen LogP contribution >= 0.6 is 0 Å². The molecule has 1 aliphatic rings. The van der Waals surface area contributed by atoms with Crippen LogP contribution in [0.25, 0.3) is 0 Å². The molecule has 1 aromatic carbocycles. The maximum Gasteiger partial charge on any atom is 0.229 e. The van der Waals surface area contributed by atoms with E-state index in [1.54, 1.807) is 6.92 Å². The average molecular weight is 191 g/mol. The van der Waals surface area contributed by atoms with Gasteiger partial charge in [0.25, 0.3) is 0 Å². The average Bonchev–Trinajstić information content (AvgIpc) is 2.17.